The zero-order chi connectivity index (χ0) is 13.9. The van der Waals surface area contributed by atoms with Gasteiger partial charge in [0.25, 0.3) is 0 Å². The first-order chi connectivity index (χ1) is 9.04. The topological polar surface area (TPSA) is 12.0 Å². The van der Waals surface area contributed by atoms with Crippen LogP contribution in [0.2, 0.25) is 0 Å². The fourth-order valence-electron chi connectivity index (χ4n) is 3.46. The summed E-state index contributed by atoms with van der Waals surface area (Å²) in [5, 5.41) is 6.01. The maximum absolute atomic E-state index is 3.82. The lowest BCUT2D eigenvalue weighted by atomic mass is 9.76. The van der Waals surface area contributed by atoms with Crippen LogP contribution in [-0.4, -0.2) is 12.6 Å². The molecule has 2 unspecified atom stereocenters. The van der Waals surface area contributed by atoms with E-state index in [0.29, 0.717) is 11.5 Å². The third-order valence-electron chi connectivity index (χ3n) is 4.58. The highest BCUT2D eigenvalue weighted by Gasteiger charge is 2.39. The molecule has 0 saturated heterocycles. The highest BCUT2D eigenvalue weighted by atomic mass is 79.9. The van der Waals surface area contributed by atoms with Crippen LogP contribution in [0.5, 0.6) is 0 Å². The largest absolute Gasteiger partial charge is 0.313 e. The van der Waals surface area contributed by atoms with E-state index in [2.05, 4.69) is 53.5 Å². The first-order valence-corrected chi connectivity index (χ1v) is 9.17. The molecule has 1 heterocycles. The molecule has 108 valence electrons. The van der Waals surface area contributed by atoms with E-state index in [1.54, 1.807) is 0 Å². The van der Waals surface area contributed by atoms with Gasteiger partial charge in [-0.15, -0.1) is 11.3 Å². The molecule has 0 bridgehead atoms. The maximum Gasteiger partial charge on any atom is 0.0314 e. The van der Waals surface area contributed by atoms with Gasteiger partial charge in [0.05, 0.1) is 0 Å². The fourth-order valence-corrected chi connectivity index (χ4v) is 5.03. The highest BCUT2D eigenvalue weighted by molar-refractivity contribution is 9.10. The SMILES string of the molecule is CCCNC(Cc1sccc1Br)C1CCCC1(C)C. The second-order valence-corrected chi connectivity index (χ2v) is 8.30. The van der Waals surface area contributed by atoms with Crippen LogP contribution in [0.15, 0.2) is 15.9 Å². The van der Waals surface area contributed by atoms with Gasteiger partial charge in [0.15, 0.2) is 0 Å². The van der Waals surface area contributed by atoms with Crippen molar-refractivity contribution in [2.24, 2.45) is 11.3 Å². The normalized spacial score (nSPS) is 23.7. The van der Waals surface area contributed by atoms with E-state index in [-0.39, 0.29) is 0 Å². The van der Waals surface area contributed by atoms with Gasteiger partial charge >= 0.3 is 0 Å². The third kappa shape index (κ3) is 3.83. The summed E-state index contributed by atoms with van der Waals surface area (Å²) in [5.41, 5.74) is 0.495. The molecule has 0 radical (unpaired) electrons. The second kappa shape index (κ2) is 6.73. The molecule has 2 rings (SSSR count). The molecule has 1 aromatic heterocycles. The smallest absolute Gasteiger partial charge is 0.0314 e. The number of hydrogen-bond acceptors (Lipinski definition) is 2. The summed E-state index contributed by atoms with van der Waals surface area (Å²) in [6.45, 7) is 8.30. The Bertz CT molecular complexity index is 399. The van der Waals surface area contributed by atoms with Gasteiger partial charge in [-0.1, -0.05) is 27.2 Å². The molecule has 0 aromatic carbocycles. The van der Waals surface area contributed by atoms with Crippen molar-refractivity contribution in [2.75, 3.05) is 6.54 Å². The van der Waals surface area contributed by atoms with E-state index in [4.69, 9.17) is 0 Å². The number of rotatable bonds is 6. The lowest BCUT2D eigenvalue weighted by Gasteiger charge is -2.35. The van der Waals surface area contributed by atoms with E-state index >= 15 is 0 Å². The molecule has 1 aliphatic carbocycles. The summed E-state index contributed by atoms with van der Waals surface area (Å²) in [5.74, 6) is 0.813. The summed E-state index contributed by atoms with van der Waals surface area (Å²) in [6, 6.07) is 2.81. The zero-order valence-electron chi connectivity index (χ0n) is 12.3. The number of halogens is 1. The average Bonchev–Trinajstić information content (AvgIpc) is 2.91. The van der Waals surface area contributed by atoms with Gasteiger partial charge in [-0.3, -0.25) is 0 Å². The van der Waals surface area contributed by atoms with Crippen LogP contribution in [0.3, 0.4) is 0 Å². The van der Waals surface area contributed by atoms with Crippen LogP contribution in [0.1, 0.15) is 51.3 Å². The third-order valence-corrected chi connectivity index (χ3v) is 6.53. The molecule has 0 amide bonds. The Morgan fingerprint density at radius 1 is 1.53 bits per heavy atom. The monoisotopic (exact) mass is 343 g/mol. The van der Waals surface area contributed by atoms with Gasteiger partial charge < -0.3 is 5.32 Å². The predicted molar refractivity (Wildman–Crippen MR) is 88.9 cm³/mol. The minimum atomic E-state index is 0.495. The Labute approximate surface area is 130 Å². The number of nitrogens with one attached hydrogen (secondary N) is 1. The standard InChI is InChI=1S/C16H26BrNS/c1-4-9-18-14(11-15-13(17)7-10-19-15)12-6-5-8-16(12,2)3/h7,10,12,14,18H,4-6,8-9,11H2,1-3H3. The fraction of sp³-hybridized carbons (Fsp3) is 0.750. The maximum atomic E-state index is 3.82. The van der Waals surface area contributed by atoms with Gasteiger partial charge in [-0.25, -0.2) is 0 Å². The summed E-state index contributed by atoms with van der Waals surface area (Å²) in [6.07, 6.45) is 6.56. The van der Waals surface area contributed by atoms with Crippen molar-refractivity contribution in [3.05, 3.63) is 20.8 Å². The van der Waals surface area contributed by atoms with Crippen molar-refractivity contribution in [3.63, 3.8) is 0 Å². The first kappa shape index (κ1) is 15.5. The Kier molecular flexibility index (Phi) is 5.50. The van der Waals surface area contributed by atoms with E-state index in [1.165, 1.54) is 41.5 Å². The highest BCUT2D eigenvalue weighted by Crippen LogP contribution is 2.45. The Balaban J connectivity index is 2.09. The summed E-state index contributed by atoms with van der Waals surface area (Å²) in [7, 11) is 0. The van der Waals surface area contributed by atoms with Crippen LogP contribution in [-0.2, 0) is 6.42 Å². The molecule has 1 N–H and O–H groups in total. The van der Waals surface area contributed by atoms with Gasteiger partial charge in [0.2, 0.25) is 0 Å². The van der Waals surface area contributed by atoms with Crippen molar-refractivity contribution in [1.29, 1.82) is 0 Å². The predicted octanol–water partition coefficient (Wildman–Crippen LogP) is 5.25. The molecular formula is C16H26BrNS. The van der Waals surface area contributed by atoms with Crippen molar-refractivity contribution >= 4 is 27.3 Å². The molecule has 1 fully saturated rings. The molecule has 1 aromatic rings. The molecule has 1 aliphatic rings. The molecule has 1 nitrogen and oxygen atoms in total. The average molecular weight is 344 g/mol. The lowest BCUT2D eigenvalue weighted by molar-refractivity contribution is 0.196. The second-order valence-electron chi connectivity index (χ2n) is 6.44. The van der Waals surface area contributed by atoms with Crippen molar-refractivity contribution in [1.82, 2.24) is 5.32 Å². The van der Waals surface area contributed by atoms with E-state index < -0.39 is 0 Å². The van der Waals surface area contributed by atoms with Gasteiger partial charge in [-0.05, 0) is 70.9 Å². The minimum Gasteiger partial charge on any atom is -0.313 e. The molecule has 0 aliphatic heterocycles. The van der Waals surface area contributed by atoms with Crippen LogP contribution < -0.4 is 5.32 Å². The Morgan fingerprint density at radius 3 is 2.84 bits per heavy atom. The van der Waals surface area contributed by atoms with Crippen molar-refractivity contribution in [2.45, 2.75) is 58.9 Å². The van der Waals surface area contributed by atoms with E-state index in [9.17, 15) is 0 Å². The zero-order valence-corrected chi connectivity index (χ0v) is 14.7. The molecule has 19 heavy (non-hydrogen) atoms. The molecule has 0 spiro atoms. The Morgan fingerprint density at radius 2 is 2.32 bits per heavy atom. The first-order valence-electron chi connectivity index (χ1n) is 7.50. The molecular weight excluding hydrogens is 318 g/mol. The van der Waals surface area contributed by atoms with Gasteiger partial charge in [0.1, 0.15) is 0 Å². The van der Waals surface area contributed by atoms with Crippen molar-refractivity contribution < 1.29 is 0 Å². The minimum absolute atomic E-state index is 0.495. The summed E-state index contributed by atoms with van der Waals surface area (Å²) < 4.78 is 1.29. The van der Waals surface area contributed by atoms with Crippen LogP contribution >= 0.6 is 27.3 Å². The lowest BCUT2D eigenvalue weighted by Crippen LogP contribution is -2.42. The number of hydrogen-bond donors (Lipinski definition) is 1. The molecule has 2 atom stereocenters. The molecule has 3 heteroatoms. The van der Waals surface area contributed by atoms with Crippen LogP contribution in [0, 0.1) is 11.3 Å². The van der Waals surface area contributed by atoms with Gasteiger partial charge in [-0.2, -0.15) is 0 Å². The van der Waals surface area contributed by atoms with E-state index in [0.717, 1.165) is 12.5 Å². The summed E-state index contributed by atoms with van der Waals surface area (Å²) in [4.78, 5) is 1.50. The quantitative estimate of drug-likeness (QED) is 0.743. The van der Waals surface area contributed by atoms with Gasteiger partial charge in [0, 0.05) is 15.4 Å². The summed E-state index contributed by atoms with van der Waals surface area (Å²) >= 11 is 5.57. The van der Waals surface area contributed by atoms with Crippen LogP contribution in [0.4, 0.5) is 0 Å². The van der Waals surface area contributed by atoms with E-state index in [1.807, 2.05) is 11.3 Å². The molecule has 1 saturated carbocycles. The van der Waals surface area contributed by atoms with Crippen molar-refractivity contribution in [3.8, 4) is 0 Å². The number of thiophene rings is 1. The van der Waals surface area contributed by atoms with Crippen LogP contribution in [0.25, 0.3) is 0 Å². The Hall–Kier alpha value is 0.140.